The molecule has 34 heavy (non-hydrogen) atoms. The van der Waals surface area contributed by atoms with E-state index in [0.717, 1.165) is 0 Å². The van der Waals surface area contributed by atoms with Crippen LogP contribution in [0.15, 0.2) is 48.5 Å². The Morgan fingerprint density at radius 2 is 1.88 bits per heavy atom. The van der Waals surface area contributed by atoms with Gasteiger partial charge >= 0.3 is 0 Å². The Balaban J connectivity index is 1.23. The molecule has 4 rings (SSSR count). The zero-order valence-electron chi connectivity index (χ0n) is 18.3. The van der Waals surface area contributed by atoms with Crippen LogP contribution in [-0.4, -0.2) is 60.2 Å². The third-order valence-electron chi connectivity index (χ3n) is 5.61. The van der Waals surface area contributed by atoms with Gasteiger partial charge < -0.3 is 20.3 Å². The lowest BCUT2D eigenvalue weighted by Gasteiger charge is -2.29. The number of hydrogen-bond donors (Lipinski definition) is 3. The highest BCUT2D eigenvalue weighted by Gasteiger charge is 2.39. The van der Waals surface area contributed by atoms with E-state index in [4.69, 9.17) is 4.74 Å². The topological polar surface area (TPSA) is 134 Å². The van der Waals surface area contributed by atoms with Crippen LogP contribution in [0.4, 0.5) is 5.69 Å². The first-order valence-electron chi connectivity index (χ1n) is 10.9. The Bertz CT molecular complexity index is 1130. The molecule has 2 aliphatic heterocycles. The number of ether oxygens (including phenoxy) is 1. The van der Waals surface area contributed by atoms with Crippen LogP contribution in [0.25, 0.3) is 0 Å². The van der Waals surface area contributed by atoms with E-state index in [1.54, 1.807) is 42.5 Å². The van der Waals surface area contributed by atoms with Gasteiger partial charge in [0.25, 0.3) is 11.8 Å². The van der Waals surface area contributed by atoms with Crippen molar-refractivity contribution in [2.75, 3.05) is 25.1 Å². The molecule has 2 aliphatic rings. The average molecular weight is 464 g/mol. The van der Waals surface area contributed by atoms with Crippen molar-refractivity contribution >= 4 is 35.2 Å². The first-order valence-corrected chi connectivity index (χ1v) is 10.9. The number of carbonyl (C=O) groups is 5. The molecule has 10 heteroatoms. The molecule has 1 unspecified atom stereocenters. The van der Waals surface area contributed by atoms with Gasteiger partial charge in [0.15, 0.2) is 0 Å². The van der Waals surface area contributed by atoms with Crippen molar-refractivity contribution in [3.05, 3.63) is 65.2 Å². The minimum absolute atomic E-state index is 0.172. The number of piperidine rings is 1. The molecule has 0 bridgehead atoms. The summed E-state index contributed by atoms with van der Waals surface area (Å²) >= 11 is 0. The first kappa shape index (κ1) is 23.1. The Morgan fingerprint density at radius 3 is 2.65 bits per heavy atom. The summed E-state index contributed by atoms with van der Waals surface area (Å²) in [6.07, 6.45) is 0.477. The summed E-state index contributed by atoms with van der Waals surface area (Å²) in [5.74, 6) is -1.67. The van der Waals surface area contributed by atoms with Crippen molar-refractivity contribution in [1.82, 2.24) is 15.5 Å². The Kier molecular flexibility index (Phi) is 6.98. The predicted octanol–water partition coefficient (Wildman–Crippen LogP) is 0.833. The number of fused-ring (bicyclic) bond motifs is 1. The number of nitrogens with one attached hydrogen (secondary N) is 3. The normalized spacial score (nSPS) is 17.2. The molecule has 0 aromatic heterocycles. The lowest BCUT2D eigenvalue weighted by molar-refractivity contribution is -0.137. The third-order valence-corrected chi connectivity index (χ3v) is 5.61. The molecule has 176 valence electrons. The monoisotopic (exact) mass is 464 g/mol. The second-order valence-electron chi connectivity index (χ2n) is 7.99. The molecule has 2 heterocycles. The summed E-state index contributed by atoms with van der Waals surface area (Å²) in [5.41, 5.74) is 2.21. The van der Waals surface area contributed by atoms with E-state index < -0.39 is 11.9 Å². The van der Waals surface area contributed by atoms with Gasteiger partial charge in [0.05, 0.1) is 6.61 Å². The van der Waals surface area contributed by atoms with E-state index in [2.05, 4.69) is 16.0 Å². The summed E-state index contributed by atoms with van der Waals surface area (Å²) in [6, 6.07) is 13.0. The van der Waals surface area contributed by atoms with E-state index >= 15 is 0 Å². The van der Waals surface area contributed by atoms with Crippen molar-refractivity contribution < 1.29 is 28.7 Å². The average Bonchev–Trinajstić information content (AvgIpc) is 3.14. The van der Waals surface area contributed by atoms with E-state index in [1.807, 2.05) is 6.07 Å². The van der Waals surface area contributed by atoms with Gasteiger partial charge in [-0.05, 0) is 42.3 Å². The lowest BCUT2D eigenvalue weighted by atomic mass is 10.0. The molecule has 1 saturated heterocycles. The standard InChI is InChI=1S/C24H24N4O6/c29-20-9-8-19(23(32)27-20)28-13-16-12-17(6-7-18(16)24(28)33)26-21(30)14-34-11-10-25-22(31)15-4-2-1-3-5-15/h1-7,12,19H,8-11,13-14H2,(H,25,31)(H,26,30)(H,27,29,32). The molecule has 1 fully saturated rings. The van der Waals surface area contributed by atoms with Crippen LogP contribution >= 0.6 is 0 Å². The number of hydrogen-bond acceptors (Lipinski definition) is 6. The molecule has 0 aliphatic carbocycles. The number of carbonyl (C=O) groups excluding carboxylic acids is 5. The number of amides is 5. The highest BCUT2D eigenvalue weighted by Crippen LogP contribution is 2.29. The number of benzene rings is 2. The fraction of sp³-hybridized carbons (Fsp3) is 0.292. The first-order chi connectivity index (χ1) is 16.4. The predicted molar refractivity (Wildman–Crippen MR) is 121 cm³/mol. The maximum atomic E-state index is 12.7. The van der Waals surface area contributed by atoms with E-state index in [-0.39, 0.29) is 62.8 Å². The SMILES string of the molecule is O=C1CCC(N2Cc3cc(NC(=O)COCCNC(=O)c4ccccc4)ccc3C2=O)C(=O)N1. The summed E-state index contributed by atoms with van der Waals surface area (Å²) in [4.78, 5) is 61.8. The van der Waals surface area contributed by atoms with Crippen LogP contribution in [0.2, 0.25) is 0 Å². The van der Waals surface area contributed by atoms with Crippen LogP contribution in [0, 0.1) is 0 Å². The number of rotatable bonds is 8. The second-order valence-corrected chi connectivity index (χ2v) is 7.99. The van der Waals surface area contributed by atoms with Crippen LogP contribution in [0.5, 0.6) is 0 Å². The zero-order valence-corrected chi connectivity index (χ0v) is 18.3. The minimum Gasteiger partial charge on any atom is -0.370 e. The van der Waals surface area contributed by atoms with Crippen LogP contribution in [-0.2, 0) is 25.7 Å². The molecule has 0 saturated carbocycles. The Morgan fingerprint density at radius 1 is 1.09 bits per heavy atom. The Labute approximate surface area is 195 Å². The largest absolute Gasteiger partial charge is 0.370 e. The summed E-state index contributed by atoms with van der Waals surface area (Å²) in [5, 5.41) is 7.70. The highest BCUT2D eigenvalue weighted by molar-refractivity contribution is 6.05. The van der Waals surface area contributed by atoms with Gasteiger partial charge in [-0.15, -0.1) is 0 Å². The van der Waals surface area contributed by atoms with E-state index in [9.17, 15) is 24.0 Å². The van der Waals surface area contributed by atoms with Crippen molar-refractivity contribution in [3.8, 4) is 0 Å². The smallest absolute Gasteiger partial charge is 0.255 e. The third kappa shape index (κ3) is 5.29. The number of anilines is 1. The quantitative estimate of drug-likeness (QED) is 0.391. The maximum absolute atomic E-state index is 12.7. The molecular weight excluding hydrogens is 440 g/mol. The van der Waals surface area contributed by atoms with Crippen LogP contribution in [0.3, 0.4) is 0 Å². The number of imide groups is 1. The van der Waals surface area contributed by atoms with Gasteiger partial charge in [-0.2, -0.15) is 0 Å². The van der Waals surface area contributed by atoms with Gasteiger partial charge in [-0.1, -0.05) is 18.2 Å². The van der Waals surface area contributed by atoms with Crippen LogP contribution < -0.4 is 16.0 Å². The Hall–Kier alpha value is -4.05. The number of nitrogens with zero attached hydrogens (tertiary/aromatic N) is 1. The molecule has 10 nitrogen and oxygen atoms in total. The molecule has 0 radical (unpaired) electrons. The van der Waals surface area contributed by atoms with Gasteiger partial charge in [0.1, 0.15) is 12.6 Å². The molecule has 2 aromatic carbocycles. The van der Waals surface area contributed by atoms with Crippen molar-refractivity contribution in [1.29, 1.82) is 0 Å². The molecular formula is C24H24N4O6. The fourth-order valence-corrected chi connectivity index (χ4v) is 3.94. The maximum Gasteiger partial charge on any atom is 0.255 e. The summed E-state index contributed by atoms with van der Waals surface area (Å²) in [6.45, 7) is 0.463. The second kappa shape index (κ2) is 10.3. The molecule has 3 N–H and O–H groups in total. The highest BCUT2D eigenvalue weighted by atomic mass is 16.5. The summed E-state index contributed by atoms with van der Waals surface area (Å²) in [7, 11) is 0. The van der Waals surface area contributed by atoms with Crippen molar-refractivity contribution in [2.24, 2.45) is 0 Å². The van der Waals surface area contributed by atoms with Gasteiger partial charge in [0.2, 0.25) is 17.7 Å². The molecule has 0 spiro atoms. The fourth-order valence-electron chi connectivity index (χ4n) is 3.94. The van der Waals surface area contributed by atoms with Crippen LogP contribution in [0.1, 0.15) is 39.1 Å². The van der Waals surface area contributed by atoms with Gasteiger partial charge in [-0.25, -0.2) is 0 Å². The van der Waals surface area contributed by atoms with E-state index in [0.29, 0.717) is 22.4 Å². The summed E-state index contributed by atoms with van der Waals surface area (Å²) < 4.78 is 5.32. The van der Waals surface area contributed by atoms with Gasteiger partial charge in [-0.3, -0.25) is 29.3 Å². The van der Waals surface area contributed by atoms with Crippen molar-refractivity contribution in [2.45, 2.75) is 25.4 Å². The molecule has 2 aromatic rings. The van der Waals surface area contributed by atoms with Crippen molar-refractivity contribution in [3.63, 3.8) is 0 Å². The zero-order chi connectivity index (χ0) is 24.1. The molecule has 5 amide bonds. The van der Waals surface area contributed by atoms with E-state index in [1.165, 1.54) is 4.90 Å². The van der Waals surface area contributed by atoms with Gasteiger partial charge in [0, 0.05) is 36.3 Å². The molecule has 1 atom stereocenters. The lowest BCUT2D eigenvalue weighted by Crippen LogP contribution is -2.52. The minimum atomic E-state index is -0.688.